The van der Waals surface area contributed by atoms with Crippen LogP contribution in [0.4, 0.5) is 34.9 Å². The highest BCUT2D eigenvalue weighted by Crippen LogP contribution is 2.30. The fourth-order valence-electron chi connectivity index (χ4n) is 2.91. The average molecular weight is 410 g/mol. The molecule has 1 N–H and O–H groups in total. The number of hydrogen-bond donors (Lipinski definition) is 1. The van der Waals surface area contributed by atoms with E-state index in [1.54, 1.807) is 0 Å². The van der Waals surface area contributed by atoms with Crippen molar-refractivity contribution < 1.29 is 22.4 Å². The summed E-state index contributed by atoms with van der Waals surface area (Å²) in [6, 6.07) is 0.904. The van der Waals surface area contributed by atoms with Gasteiger partial charge in [0.15, 0.2) is 23.3 Å². The number of piperazine rings is 1. The molecule has 0 atom stereocenters. The van der Waals surface area contributed by atoms with Gasteiger partial charge in [0.1, 0.15) is 5.69 Å². The topological polar surface area (TPSA) is 74.2 Å². The van der Waals surface area contributed by atoms with E-state index in [9.17, 15) is 22.4 Å². The van der Waals surface area contributed by atoms with Gasteiger partial charge in [-0.1, -0.05) is 6.58 Å². The van der Waals surface area contributed by atoms with Gasteiger partial charge in [-0.15, -0.1) is 0 Å². The fourth-order valence-corrected chi connectivity index (χ4v) is 2.91. The highest BCUT2D eigenvalue weighted by Gasteiger charge is 2.30. The molecule has 0 bridgehead atoms. The first-order chi connectivity index (χ1) is 13.7. The van der Waals surface area contributed by atoms with Crippen LogP contribution in [0.25, 0.3) is 0 Å². The summed E-state index contributed by atoms with van der Waals surface area (Å²) in [5.41, 5.74) is -0.822. The second-order valence-corrected chi connectivity index (χ2v) is 6.48. The second-order valence-electron chi connectivity index (χ2n) is 6.48. The maximum Gasteiger partial charge on any atom is 0.289 e. The molecule has 2 aromatic rings. The summed E-state index contributed by atoms with van der Waals surface area (Å²) in [6.07, 6.45) is 3.95. The summed E-state index contributed by atoms with van der Waals surface area (Å²) in [5.74, 6) is -5.63. The van der Waals surface area contributed by atoms with Crippen molar-refractivity contribution in [2.45, 2.75) is 12.8 Å². The van der Waals surface area contributed by atoms with Gasteiger partial charge in [0.05, 0.1) is 11.9 Å². The minimum atomic E-state index is -3.40. The number of nitrogens with zero attached hydrogens (tertiary/aromatic N) is 5. The Hall–Kier alpha value is -3.24. The van der Waals surface area contributed by atoms with Crippen LogP contribution in [0.1, 0.15) is 12.6 Å². The molecule has 1 saturated heterocycles. The Bertz CT molecular complexity index is 925. The summed E-state index contributed by atoms with van der Waals surface area (Å²) < 4.78 is 53.6. The van der Waals surface area contributed by atoms with Crippen molar-refractivity contribution in [1.82, 2.24) is 19.9 Å². The molecule has 154 valence electrons. The lowest BCUT2D eigenvalue weighted by Crippen LogP contribution is -2.49. The van der Waals surface area contributed by atoms with Crippen molar-refractivity contribution >= 4 is 23.2 Å². The Labute approximate surface area is 164 Å². The van der Waals surface area contributed by atoms with Crippen molar-refractivity contribution in [2.24, 2.45) is 0 Å². The number of carbonyl (C=O) groups is 1. The van der Waals surface area contributed by atoms with Crippen LogP contribution in [0.15, 0.2) is 37.1 Å². The van der Waals surface area contributed by atoms with Gasteiger partial charge in [0.25, 0.3) is 11.8 Å². The van der Waals surface area contributed by atoms with Crippen molar-refractivity contribution in [3.05, 3.63) is 48.6 Å². The molecule has 1 fully saturated rings. The third kappa shape index (κ3) is 4.61. The molecule has 3 heterocycles. The number of nitrogens with one attached hydrogen (secondary N) is 1. The summed E-state index contributed by atoms with van der Waals surface area (Å²) in [6.45, 7) is 4.81. The highest BCUT2D eigenvalue weighted by atomic mass is 19.3. The van der Waals surface area contributed by atoms with Crippen LogP contribution >= 0.6 is 0 Å². The molecule has 1 aliphatic heterocycles. The molecular formula is C18H18F4N6O. The van der Waals surface area contributed by atoms with E-state index in [0.717, 1.165) is 12.3 Å². The van der Waals surface area contributed by atoms with Crippen molar-refractivity contribution in [3.8, 4) is 0 Å². The molecule has 0 radical (unpaired) electrons. The molecule has 11 heteroatoms. The number of alkyl halides is 2. The maximum absolute atomic E-state index is 14.0. The molecule has 1 amide bonds. The molecule has 3 rings (SSSR count). The van der Waals surface area contributed by atoms with Crippen molar-refractivity contribution in [2.75, 3.05) is 36.4 Å². The molecule has 1 aliphatic rings. The van der Waals surface area contributed by atoms with Crippen LogP contribution in [0.3, 0.4) is 0 Å². The number of aromatic nitrogens is 3. The van der Waals surface area contributed by atoms with Gasteiger partial charge in [0, 0.05) is 51.6 Å². The average Bonchev–Trinajstić information content (AvgIpc) is 2.67. The van der Waals surface area contributed by atoms with Gasteiger partial charge in [-0.05, 0) is 0 Å². The molecule has 0 aliphatic carbocycles. The molecule has 0 spiro atoms. The lowest BCUT2D eigenvalue weighted by atomic mass is 10.2. The highest BCUT2D eigenvalue weighted by molar-refractivity contribution is 5.90. The molecular weight excluding hydrogens is 392 g/mol. The lowest BCUT2D eigenvalue weighted by molar-refractivity contribution is -0.128. The zero-order valence-electron chi connectivity index (χ0n) is 15.5. The van der Waals surface area contributed by atoms with Crippen LogP contribution in [-0.4, -0.2) is 51.9 Å². The Morgan fingerprint density at radius 2 is 1.83 bits per heavy atom. The zero-order valence-corrected chi connectivity index (χ0v) is 15.5. The van der Waals surface area contributed by atoms with E-state index in [-0.39, 0.29) is 24.6 Å². The van der Waals surface area contributed by atoms with Gasteiger partial charge in [-0.2, -0.15) is 8.78 Å². The van der Waals surface area contributed by atoms with Crippen molar-refractivity contribution in [3.63, 3.8) is 0 Å². The summed E-state index contributed by atoms with van der Waals surface area (Å²) >= 11 is 0. The van der Waals surface area contributed by atoms with E-state index in [2.05, 4.69) is 26.8 Å². The van der Waals surface area contributed by atoms with Crippen LogP contribution in [0.2, 0.25) is 0 Å². The third-order valence-corrected chi connectivity index (χ3v) is 4.30. The summed E-state index contributed by atoms with van der Waals surface area (Å²) in [5, 5.41) is 2.82. The SMILES string of the molecule is C=C(F)C(=O)N1CCN(c2nccnc2Nc2cnc(C(C)(F)F)c(F)c2)CC1. The first-order valence-corrected chi connectivity index (χ1v) is 8.67. The second kappa shape index (κ2) is 8.02. The number of rotatable bonds is 5. The zero-order chi connectivity index (χ0) is 21.2. The number of amides is 1. The molecule has 29 heavy (non-hydrogen) atoms. The monoisotopic (exact) mass is 410 g/mol. The molecule has 0 unspecified atom stereocenters. The molecule has 2 aromatic heterocycles. The predicted octanol–water partition coefficient (Wildman–Crippen LogP) is 3.00. The minimum absolute atomic E-state index is 0.125. The van der Waals surface area contributed by atoms with Crippen LogP contribution in [0.5, 0.6) is 0 Å². The normalized spacial score (nSPS) is 14.7. The van der Waals surface area contributed by atoms with Crippen LogP contribution < -0.4 is 10.2 Å². The lowest BCUT2D eigenvalue weighted by Gasteiger charge is -2.35. The number of hydrogen-bond acceptors (Lipinski definition) is 6. The standard InChI is InChI=1S/C18H18F4N6O/c1-11(19)17(29)28-7-5-27(6-8-28)16-15(23-3-4-24-16)26-12-9-13(20)14(25-10-12)18(2,21)22/h3-4,9-10H,1,5-8H2,2H3,(H,23,26). The first-order valence-electron chi connectivity index (χ1n) is 8.67. The predicted molar refractivity (Wildman–Crippen MR) is 98.1 cm³/mol. The maximum atomic E-state index is 14.0. The van der Waals surface area contributed by atoms with E-state index in [0.29, 0.717) is 25.8 Å². The van der Waals surface area contributed by atoms with Gasteiger partial charge in [0.2, 0.25) is 0 Å². The smallest absolute Gasteiger partial charge is 0.289 e. The van der Waals surface area contributed by atoms with E-state index in [1.807, 2.05) is 4.90 Å². The Kier molecular flexibility index (Phi) is 5.66. The number of pyridine rings is 1. The van der Waals surface area contributed by atoms with Gasteiger partial charge < -0.3 is 15.1 Å². The number of anilines is 3. The molecule has 0 saturated carbocycles. The summed E-state index contributed by atoms with van der Waals surface area (Å²) in [4.78, 5) is 26.7. The van der Waals surface area contributed by atoms with Crippen molar-refractivity contribution in [1.29, 1.82) is 0 Å². The Morgan fingerprint density at radius 1 is 1.17 bits per heavy atom. The largest absolute Gasteiger partial charge is 0.350 e. The van der Waals surface area contributed by atoms with Crippen LogP contribution in [0, 0.1) is 5.82 Å². The summed E-state index contributed by atoms with van der Waals surface area (Å²) in [7, 11) is 0. The van der Waals surface area contributed by atoms with Gasteiger partial charge in [-0.25, -0.2) is 23.7 Å². The number of carbonyl (C=O) groups excluding carboxylic acids is 1. The van der Waals surface area contributed by atoms with E-state index < -0.39 is 29.2 Å². The van der Waals surface area contributed by atoms with E-state index >= 15 is 0 Å². The van der Waals surface area contributed by atoms with Gasteiger partial charge in [-0.3, -0.25) is 4.79 Å². The Balaban J connectivity index is 1.76. The van der Waals surface area contributed by atoms with E-state index in [1.165, 1.54) is 17.3 Å². The molecule has 0 aromatic carbocycles. The van der Waals surface area contributed by atoms with Gasteiger partial charge >= 0.3 is 0 Å². The minimum Gasteiger partial charge on any atom is -0.350 e. The quantitative estimate of drug-likeness (QED) is 0.604. The molecule has 7 nitrogen and oxygen atoms in total. The third-order valence-electron chi connectivity index (χ3n) is 4.30. The number of halogens is 4. The first kappa shape index (κ1) is 20.5. The Morgan fingerprint density at radius 3 is 2.41 bits per heavy atom. The van der Waals surface area contributed by atoms with E-state index in [4.69, 9.17) is 0 Å². The van der Waals surface area contributed by atoms with Crippen LogP contribution in [-0.2, 0) is 10.7 Å². The fraction of sp³-hybridized carbons (Fsp3) is 0.333.